The Morgan fingerprint density at radius 1 is 0.952 bits per heavy atom. The van der Waals surface area contributed by atoms with E-state index in [2.05, 4.69) is 67.3 Å². The van der Waals surface area contributed by atoms with Crippen LogP contribution in [0.25, 0.3) is 17.2 Å². The molecule has 0 aliphatic carbocycles. The first-order valence-corrected chi connectivity index (χ1v) is 13.9. The van der Waals surface area contributed by atoms with E-state index in [1.54, 1.807) is 26.2 Å². The smallest absolute Gasteiger partial charge is 0.354 e. The number of nitrogens with zero attached hydrogens (tertiary/aromatic N) is 9. The van der Waals surface area contributed by atoms with Crippen molar-refractivity contribution in [2.45, 2.75) is 38.8 Å². The third-order valence-electron chi connectivity index (χ3n) is 8.25. The second kappa shape index (κ2) is 9.75. The summed E-state index contributed by atoms with van der Waals surface area (Å²) in [4.78, 5) is 42.1. The number of pyridine rings is 2. The summed E-state index contributed by atoms with van der Waals surface area (Å²) < 4.78 is 3.43. The lowest BCUT2D eigenvalue weighted by Gasteiger charge is -2.26. The molecular formula is C30H29N9O3. The van der Waals surface area contributed by atoms with Crippen molar-refractivity contribution in [3.63, 3.8) is 0 Å². The Labute approximate surface area is 241 Å². The molecule has 1 saturated heterocycles. The first-order valence-electron chi connectivity index (χ1n) is 13.9. The number of amides is 1. The van der Waals surface area contributed by atoms with Gasteiger partial charge in [-0.3, -0.25) is 4.79 Å². The van der Waals surface area contributed by atoms with Crippen LogP contribution in [0.15, 0.2) is 60.8 Å². The van der Waals surface area contributed by atoms with Gasteiger partial charge in [0.25, 0.3) is 5.91 Å². The maximum absolute atomic E-state index is 13.5. The van der Waals surface area contributed by atoms with Gasteiger partial charge in [-0.1, -0.05) is 43.3 Å². The minimum atomic E-state index is -1.12. The number of fused-ring (bicyclic) bond motifs is 2. The molecule has 42 heavy (non-hydrogen) atoms. The fourth-order valence-electron chi connectivity index (χ4n) is 5.89. The number of carbonyl (C=O) groups is 2. The van der Waals surface area contributed by atoms with E-state index in [1.807, 2.05) is 19.2 Å². The van der Waals surface area contributed by atoms with Gasteiger partial charge in [0.15, 0.2) is 11.5 Å². The van der Waals surface area contributed by atoms with Crippen LogP contribution in [0.2, 0.25) is 0 Å². The number of anilines is 1. The quantitative estimate of drug-likeness (QED) is 0.342. The van der Waals surface area contributed by atoms with Gasteiger partial charge in [0, 0.05) is 25.0 Å². The van der Waals surface area contributed by atoms with E-state index in [0.717, 1.165) is 30.8 Å². The van der Waals surface area contributed by atoms with Crippen LogP contribution in [0, 0.1) is 6.92 Å². The lowest BCUT2D eigenvalue weighted by molar-refractivity contribution is 0.0682. The van der Waals surface area contributed by atoms with Crippen LogP contribution in [-0.2, 0) is 18.5 Å². The summed E-state index contributed by atoms with van der Waals surface area (Å²) >= 11 is 0. The molecule has 12 nitrogen and oxygen atoms in total. The zero-order valence-corrected chi connectivity index (χ0v) is 23.3. The summed E-state index contributed by atoms with van der Waals surface area (Å²) in [7, 11) is 0. The number of carboxylic acids is 1. The average Bonchev–Trinajstić information content (AvgIpc) is 3.74. The van der Waals surface area contributed by atoms with E-state index in [0.29, 0.717) is 36.1 Å². The number of aromatic nitrogens is 7. The molecule has 1 amide bonds. The van der Waals surface area contributed by atoms with Gasteiger partial charge in [0.2, 0.25) is 5.82 Å². The van der Waals surface area contributed by atoms with Crippen LogP contribution in [0.5, 0.6) is 0 Å². The number of aryl methyl sites for hydroxylation is 1. The molecule has 0 radical (unpaired) electrons. The Bertz CT molecular complexity index is 1850. The maximum Gasteiger partial charge on any atom is 0.354 e. The van der Waals surface area contributed by atoms with Crippen LogP contribution in [0.1, 0.15) is 51.4 Å². The third kappa shape index (κ3) is 4.44. The molecule has 1 aromatic carbocycles. The van der Waals surface area contributed by atoms with Crippen LogP contribution in [0.4, 0.5) is 5.69 Å². The molecule has 5 aromatic rings. The minimum Gasteiger partial charge on any atom is -0.477 e. The highest BCUT2D eigenvalue weighted by Gasteiger charge is 2.36. The van der Waals surface area contributed by atoms with Crippen molar-refractivity contribution >= 4 is 23.2 Å². The number of carbonyl (C=O) groups excluding carboxylic acids is 1. The number of hydrogen-bond acceptors (Lipinski definition) is 8. The number of benzene rings is 1. The van der Waals surface area contributed by atoms with Gasteiger partial charge in [0.1, 0.15) is 17.2 Å². The number of hydrogen-bond donors (Lipinski definition) is 1. The first kappa shape index (κ1) is 25.8. The molecule has 1 fully saturated rings. The summed E-state index contributed by atoms with van der Waals surface area (Å²) in [6.45, 7) is 7.23. The molecule has 12 heteroatoms. The topological polar surface area (TPSA) is 135 Å². The monoisotopic (exact) mass is 563 g/mol. The molecule has 6 heterocycles. The van der Waals surface area contributed by atoms with Crippen LogP contribution < -0.4 is 4.90 Å². The van der Waals surface area contributed by atoms with Crippen LogP contribution in [-0.4, -0.2) is 75.9 Å². The van der Waals surface area contributed by atoms with E-state index in [1.165, 1.54) is 11.6 Å². The number of aromatic carboxylic acids is 1. The van der Waals surface area contributed by atoms with Crippen molar-refractivity contribution in [2.24, 2.45) is 0 Å². The number of carboxylic acid groups (broad SMARTS) is 1. The molecule has 7 rings (SSSR count). The molecule has 212 valence electrons. The summed E-state index contributed by atoms with van der Waals surface area (Å²) in [5.74, 6) is -0.355. The van der Waals surface area contributed by atoms with E-state index in [-0.39, 0.29) is 29.4 Å². The summed E-state index contributed by atoms with van der Waals surface area (Å²) in [5.41, 5.74) is 4.35. The zero-order valence-electron chi connectivity index (χ0n) is 23.3. The van der Waals surface area contributed by atoms with Crippen molar-refractivity contribution in [1.82, 2.24) is 39.2 Å². The second-order valence-corrected chi connectivity index (χ2v) is 11.2. The highest BCUT2D eigenvalue weighted by atomic mass is 16.4. The molecule has 0 spiro atoms. The molecule has 0 unspecified atom stereocenters. The Morgan fingerprint density at radius 2 is 1.79 bits per heavy atom. The SMILES string of the molecule is Cc1cc(N2CC[C@](C)(c3ccccc3)C2)cn2nc(C(=O)N3CCn4nc(-c5cccc(C(=O)O)n5)nc4C3)nc12. The predicted octanol–water partition coefficient (Wildman–Crippen LogP) is 3.21. The normalized spacial score (nSPS) is 18.4. The van der Waals surface area contributed by atoms with Gasteiger partial charge in [-0.25, -0.2) is 28.9 Å². The minimum absolute atomic E-state index is 0.0669. The summed E-state index contributed by atoms with van der Waals surface area (Å²) in [5, 5.41) is 18.3. The van der Waals surface area contributed by atoms with Crippen molar-refractivity contribution < 1.29 is 14.7 Å². The molecule has 0 saturated carbocycles. The summed E-state index contributed by atoms with van der Waals surface area (Å²) in [6.07, 6.45) is 3.01. The Morgan fingerprint density at radius 3 is 2.60 bits per heavy atom. The van der Waals surface area contributed by atoms with E-state index >= 15 is 0 Å². The van der Waals surface area contributed by atoms with Gasteiger partial charge in [-0.2, -0.15) is 0 Å². The van der Waals surface area contributed by atoms with Crippen LogP contribution >= 0.6 is 0 Å². The Hall–Kier alpha value is -5.13. The fraction of sp³-hybridized carbons (Fsp3) is 0.300. The molecule has 2 aliphatic heterocycles. The number of rotatable bonds is 5. The first-order chi connectivity index (χ1) is 20.3. The summed E-state index contributed by atoms with van der Waals surface area (Å²) in [6, 6.07) is 17.4. The van der Waals surface area contributed by atoms with E-state index < -0.39 is 5.97 Å². The molecule has 4 aromatic heterocycles. The van der Waals surface area contributed by atoms with Crippen molar-refractivity contribution in [2.75, 3.05) is 24.5 Å². The van der Waals surface area contributed by atoms with Gasteiger partial charge in [0.05, 0.1) is 25.0 Å². The molecule has 2 aliphatic rings. The Kier molecular flexibility index (Phi) is 5.99. The van der Waals surface area contributed by atoms with Gasteiger partial charge in [-0.05, 0) is 42.7 Å². The van der Waals surface area contributed by atoms with Crippen molar-refractivity contribution in [3.05, 3.63) is 89.3 Å². The van der Waals surface area contributed by atoms with Crippen LogP contribution in [0.3, 0.4) is 0 Å². The fourth-order valence-corrected chi connectivity index (χ4v) is 5.89. The molecule has 0 bridgehead atoms. The van der Waals surface area contributed by atoms with Gasteiger partial charge >= 0.3 is 5.97 Å². The standard InChI is InChI=1S/C30H29N9O3/c1-19-15-21(37-12-11-30(2,18-37)20-7-4-3-5-8-20)16-39-27(19)33-26(35-39)28(40)36-13-14-38-24(17-36)32-25(34-38)22-9-6-10-23(31-22)29(41)42/h3-10,15-16H,11-14,17-18H2,1-2H3,(H,41,42)/t30-/m0/s1. The molecule has 1 atom stereocenters. The van der Waals surface area contributed by atoms with Gasteiger partial charge in [-0.15, -0.1) is 10.2 Å². The predicted molar refractivity (Wildman–Crippen MR) is 153 cm³/mol. The highest BCUT2D eigenvalue weighted by Crippen LogP contribution is 2.36. The maximum atomic E-state index is 13.5. The van der Waals surface area contributed by atoms with Gasteiger partial charge < -0.3 is 14.9 Å². The van der Waals surface area contributed by atoms with E-state index in [4.69, 9.17) is 0 Å². The highest BCUT2D eigenvalue weighted by molar-refractivity contribution is 5.91. The molecule has 1 N–H and O–H groups in total. The second-order valence-electron chi connectivity index (χ2n) is 11.2. The lowest BCUT2D eigenvalue weighted by Crippen LogP contribution is -2.39. The average molecular weight is 564 g/mol. The van der Waals surface area contributed by atoms with Crippen molar-refractivity contribution in [3.8, 4) is 11.5 Å². The largest absolute Gasteiger partial charge is 0.477 e. The molecular weight excluding hydrogens is 534 g/mol. The van der Waals surface area contributed by atoms with Crippen molar-refractivity contribution in [1.29, 1.82) is 0 Å². The Balaban J connectivity index is 1.10. The zero-order chi connectivity index (χ0) is 29.0. The third-order valence-corrected chi connectivity index (χ3v) is 8.25. The lowest BCUT2D eigenvalue weighted by atomic mass is 9.82. The van der Waals surface area contributed by atoms with E-state index in [9.17, 15) is 14.7 Å².